The highest BCUT2D eigenvalue weighted by Crippen LogP contribution is 2.63. The number of hydrazone groups is 1. The molecule has 1 aliphatic heterocycles. The van der Waals surface area contributed by atoms with E-state index in [1.165, 1.54) is 36.5 Å². The summed E-state index contributed by atoms with van der Waals surface area (Å²) in [6.07, 6.45) is 1.49. The molecule has 0 saturated carbocycles. The van der Waals surface area contributed by atoms with Crippen LogP contribution in [0.25, 0.3) is 0 Å². The Morgan fingerprint density at radius 2 is 1.48 bits per heavy atom. The van der Waals surface area contributed by atoms with Crippen LogP contribution in [0.5, 0.6) is 5.75 Å². The molecule has 1 fully saturated rings. The lowest BCUT2D eigenvalue weighted by Gasteiger charge is -2.52. The number of hydrogen-bond acceptors (Lipinski definition) is 7. The number of rotatable bonds is 5. The van der Waals surface area contributed by atoms with Gasteiger partial charge in [-0.25, -0.2) is 10.3 Å². The van der Waals surface area contributed by atoms with Crippen molar-refractivity contribution >= 4 is 35.3 Å². The van der Waals surface area contributed by atoms with E-state index in [0.29, 0.717) is 0 Å². The van der Waals surface area contributed by atoms with Crippen LogP contribution in [-0.2, 0) is 15.0 Å². The molecular weight excluding hydrogens is 536 g/mol. The Kier molecular flexibility index (Phi) is 5.55. The van der Waals surface area contributed by atoms with E-state index in [9.17, 15) is 29.6 Å². The molecule has 8 rings (SSSR count). The molecule has 1 heterocycles. The van der Waals surface area contributed by atoms with Crippen molar-refractivity contribution in [1.82, 2.24) is 5.43 Å². The molecule has 0 aromatic heterocycles. The highest BCUT2D eigenvalue weighted by atomic mass is 16.6. The molecule has 4 aromatic rings. The Hall–Kier alpha value is -5.64. The molecule has 2 N–H and O–H groups in total. The molecular formula is C32H22N4O6. The van der Waals surface area contributed by atoms with Gasteiger partial charge in [-0.1, -0.05) is 72.8 Å². The van der Waals surface area contributed by atoms with Crippen LogP contribution in [0.15, 0.2) is 102 Å². The average Bonchev–Trinajstić information content (AvgIpc) is 3.27. The van der Waals surface area contributed by atoms with Gasteiger partial charge in [0.25, 0.3) is 11.6 Å². The van der Waals surface area contributed by atoms with Gasteiger partial charge >= 0.3 is 0 Å². The summed E-state index contributed by atoms with van der Waals surface area (Å²) in [7, 11) is 0. The number of amides is 3. The lowest BCUT2D eigenvalue weighted by Crippen LogP contribution is -2.54. The summed E-state index contributed by atoms with van der Waals surface area (Å²) in [5.41, 5.74) is 4.01. The number of hydrogen-bond donors (Lipinski definition) is 2. The molecule has 10 nitrogen and oxygen atoms in total. The van der Waals surface area contributed by atoms with Gasteiger partial charge in [0.15, 0.2) is 0 Å². The van der Waals surface area contributed by atoms with Crippen molar-refractivity contribution in [2.24, 2.45) is 16.9 Å². The van der Waals surface area contributed by atoms with Crippen LogP contribution < -0.4 is 10.3 Å². The first-order valence-corrected chi connectivity index (χ1v) is 13.3. The fourth-order valence-corrected chi connectivity index (χ4v) is 7.01. The van der Waals surface area contributed by atoms with E-state index < -0.39 is 45.8 Å². The monoisotopic (exact) mass is 558 g/mol. The number of nitrogens with zero attached hydrogens (tertiary/aromatic N) is 3. The van der Waals surface area contributed by atoms with Crippen molar-refractivity contribution in [3.8, 4) is 5.75 Å². The SMILES string of the molecule is O=C(N/N=C\C12c3ccccc3C(c3ccccc31)[C@H]1C(=O)N(c3ccccc3[N+](=O)[O-])C(=O)[C@H]12)c1ccccc1O. The van der Waals surface area contributed by atoms with Crippen LogP contribution in [0.4, 0.5) is 11.4 Å². The van der Waals surface area contributed by atoms with Gasteiger partial charge in [0.1, 0.15) is 11.4 Å². The van der Waals surface area contributed by atoms with Crippen molar-refractivity contribution in [1.29, 1.82) is 0 Å². The summed E-state index contributed by atoms with van der Waals surface area (Å²) in [4.78, 5) is 53.8. The number of nitrogens with one attached hydrogen (secondary N) is 1. The van der Waals surface area contributed by atoms with E-state index >= 15 is 0 Å². The number of aromatic hydroxyl groups is 1. The van der Waals surface area contributed by atoms with Gasteiger partial charge in [0.2, 0.25) is 11.8 Å². The smallest absolute Gasteiger partial charge is 0.293 e. The summed E-state index contributed by atoms with van der Waals surface area (Å²) in [5.74, 6) is -4.27. The maximum absolute atomic E-state index is 14.4. The summed E-state index contributed by atoms with van der Waals surface area (Å²) >= 11 is 0. The molecule has 4 aromatic carbocycles. The summed E-state index contributed by atoms with van der Waals surface area (Å²) < 4.78 is 0. The van der Waals surface area contributed by atoms with E-state index in [1.807, 2.05) is 48.5 Å². The minimum absolute atomic E-state index is 0.0212. The van der Waals surface area contributed by atoms with E-state index in [1.54, 1.807) is 18.2 Å². The Morgan fingerprint density at radius 3 is 2.14 bits per heavy atom. The lowest BCUT2D eigenvalue weighted by molar-refractivity contribution is -0.384. The number of phenolic OH excluding ortho intramolecular Hbond substituents is 1. The van der Waals surface area contributed by atoms with Crippen molar-refractivity contribution in [3.63, 3.8) is 0 Å². The molecule has 0 radical (unpaired) electrons. The number of para-hydroxylation sites is 3. The second-order valence-corrected chi connectivity index (χ2v) is 10.5. The molecule has 2 atom stereocenters. The average molecular weight is 559 g/mol. The van der Waals surface area contributed by atoms with Crippen LogP contribution in [0.1, 0.15) is 38.5 Å². The van der Waals surface area contributed by atoms with E-state index in [0.717, 1.165) is 27.2 Å². The van der Waals surface area contributed by atoms with Gasteiger partial charge in [-0.2, -0.15) is 5.10 Å². The van der Waals surface area contributed by atoms with Crippen molar-refractivity contribution in [3.05, 3.63) is 135 Å². The van der Waals surface area contributed by atoms with Crippen molar-refractivity contribution in [2.75, 3.05) is 4.90 Å². The zero-order valence-corrected chi connectivity index (χ0v) is 21.9. The first-order chi connectivity index (χ1) is 20.4. The second-order valence-electron chi connectivity index (χ2n) is 10.5. The predicted molar refractivity (Wildman–Crippen MR) is 152 cm³/mol. The van der Waals surface area contributed by atoms with Crippen molar-refractivity contribution in [2.45, 2.75) is 11.3 Å². The molecule has 2 bridgehead atoms. The first kappa shape index (κ1) is 25.3. The number of carbonyl (C=O) groups is 3. The van der Waals surface area contributed by atoms with Crippen molar-refractivity contribution < 1.29 is 24.4 Å². The van der Waals surface area contributed by atoms with Gasteiger partial charge < -0.3 is 5.11 Å². The van der Waals surface area contributed by atoms with E-state index in [4.69, 9.17) is 0 Å². The van der Waals surface area contributed by atoms with Crippen LogP contribution >= 0.6 is 0 Å². The number of imide groups is 1. The molecule has 4 aliphatic rings. The number of anilines is 1. The predicted octanol–water partition coefficient (Wildman–Crippen LogP) is 4.27. The molecule has 0 unspecified atom stereocenters. The van der Waals surface area contributed by atoms with Gasteiger partial charge in [0.05, 0.1) is 27.7 Å². The normalized spacial score (nSPS) is 23.4. The lowest BCUT2D eigenvalue weighted by atomic mass is 9.47. The Balaban J connectivity index is 1.42. The summed E-state index contributed by atoms with van der Waals surface area (Å²) in [6.45, 7) is 0. The maximum Gasteiger partial charge on any atom is 0.293 e. The number of nitro benzene ring substituents is 1. The molecule has 10 heteroatoms. The Labute approximate surface area is 239 Å². The molecule has 3 aliphatic carbocycles. The molecule has 42 heavy (non-hydrogen) atoms. The Morgan fingerprint density at radius 1 is 0.881 bits per heavy atom. The topological polar surface area (TPSA) is 142 Å². The highest BCUT2D eigenvalue weighted by molar-refractivity contribution is 6.25. The van der Waals surface area contributed by atoms with E-state index in [2.05, 4.69) is 10.5 Å². The van der Waals surface area contributed by atoms with Gasteiger partial charge in [0, 0.05) is 18.2 Å². The number of phenols is 1. The van der Waals surface area contributed by atoms with Gasteiger partial charge in [-0.05, 0) is 40.5 Å². The minimum atomic E-state index is -1.27. The van der Waals surface area contributed by atoms with E-state index in [-0.39, 0.29) is 22.7 Å². The van der Waals surface area contributed by atoms with Crippen LogP contribution in [0.2, 0.25) is 0 Å². The molecule has 0 spiro atoms. The van der Waals surface area contributed by atoms with Crippen LogP contribution in [-0.4, -0.2) is 34.0 Å². The maximum atomic E-state index is 14.4. The zero-order valence-electron chi connectivity index (χ0n) is 21.9. The zero-order chi connectivity index (χ0) is 29.2. The highest BCUT2D eigenvalue weighted by Gasteiger charge is 2.68. The number of benzene rings is 4. The van der Waals surface area contributed by atoms with Gasteiger partial charge in [-0.15, -0.1) is 0 Å². The number of carbonyl (C=O) groups excluding carboxylic acids is 3. The molecule has 3 amide bonds. The van der Waals surface area contributed by atoms with Crippen LogP contribution in [0.3, 0.4) is 0 Å². The summed E-state index contributed by atoms with van der Waals surface area (Å²) in [5, 5.41) is 26.3. The fraction of sp³-hybridized carbons (Fsp3) is 0.125. The second kappa shape index (κ2) is 9.20. The third-order valence-electron chi connectivity index (χ3n) is 8.59. The molecule has 1 saturated heterocycles. The largest absolute Gasteiger partial charge is 0.507 e. The third kappa shape index (κ3) is 3.32. The molecule has 206 valence electrons. The number of nitro groups is 1. The third-order valence-corrected chi connectivity index (χ3v) is 8.59. The Bertz CT molecular complexity index is 1820. The quantitative estimate of drug-likeness (QED) is 0.162. The fourth-order valence-electron chi connectivity index (χ4n) is 7.01. The van der Waals surface area contributed by atoms with Crippen LogP contribution in [0, 0.1) is 22.0 Å². The summed E-state index contributed by atoms with van der Waals surface area (Å²) in [6, 6.07) is 26.8. The first-order valence-electron chi connectivity index (χ1n) is 13.3. The van der Waals surface area contributed by atoms with Gasteiger partial charge in [-0.3, -0.25) is 24.5 Å². The minimum Gasteiger partial charge on any atom is -0.507 e. The standard InChI is InChI=1S/C32H22N4O6/c37-25-16-8-3-11-20(25)29(38)34-33-17-32-21-12-4-1-9-18(21)26(19-10-2-5-13-22(19)32)27-28(32)31(40)35(30(27)39)23-14-6-7-15-24(23)36(41)42/h1-17,26-28,37H,(H,34,38)/b33-17-/t26?,27-,28+,32?/m1/s1.